The lowest BCUT2D eigenvalue weighted by Gasteiger charge is -2.21. The van der Waals surface area contributed by atoms with Crippen molar-refractivity contribution in [2.75, 3.05) is 19.8 Å². The van der Waals surface area contributed by atoms with Gasteiger partial charge in [-0.1, -0.05) is 12.2 Å². The molecular formula is C11H12BrNO2. The van der Waals surface area contributed by atoms with Crippen molar-refractivity contribution in [3.8, 4) is 11.5 Å². The van der Waals surface area contributed by atoms with Crippen LogP contribution in [0.5, 0.6) is 11.5 Å². The van der Waals surface area contributed by atoms with Crippen LogP contribution in [0.3, 0.4) is 0 Å². The number of ether oxygens (including phenoxy) is 2. The second-order valence-corrected chi connectivity index (χ2v) is 3.98. The van der Waals surface area contributed by atoms with E-state index in [4.69, 9.17) is 15.2 Å². The fraction of sp³-hybridized carbons (Fsp3) is 0.273. The number of halogens is 1. The molecule has 80 valence electrons. The van der Waals surface area contributed by atoms with Crippen molar-refractivity contribution < 1.29 is 9.47 Å². The van der Waals surface area contributed by atoms with E-state index in [0.717, 1.165) is 21.5 Å². The van der Waals surface area contributed by atoms with Crippen LogP contribution in [0.2, 0.25) is 0 Å². The van der Waals surface area contributed by atoms with E-state index in [-0.39, 0.29) is 0 Å². The Hall–Kier alpha value is -1.00. The van der Waals surface area contributed by atoms with Crippen molar-refractivity contribution in [2.45, 2.75) is 0 Å². The highest BCUT2D eigenvalue weighted by Crippen LogP contribution is 2.40. The molecule has 0 atom stereocenters. The number of rotatable bonds is 2. The monoisotopic (exact) mass is 269 g/mol. The van der Waals surface area contributed by atoms with Crippen LogP contribution in [0.4, 0.5) is 0 Å². The topological polar surface area (TPSA) is 44.5 Å². The summed E-state index contributed by atoms with van der Waals surface area (Å²) in [6, 6.07) is 3.92. The lowest BCUT2D eigenvalue weighted by Crippen LogP contribution is -2.16. The van der Waals surface area contributed by atoms with Gasteiger partial charge in [-0.2, -0.15) is 0 Å². The van der Waals surface area contributed by atoms with Gasteiger partial charge in [-0.15, -0.1) is 0 Å². The molecule has 0 spiro atoms. The normalized spacial score (nSPS) is 14.5. The Labute approximate surface area is 97.0 Å². The van der Waals surface area contributed by atoms with E-state index in [1.54, 1.807) is 0 Å². The van der Waals surface area contributed by atoms with Crippen molar-refractivity contribution in [3.05, 3.63) is 28.2 Å². The lowest BCUT2D eigenvalue weighted by atomic mass is 10.1. The van der Waals surface area contributed by atoms with Crippen LogP contribution >= 0.6 is 15.9 Å². The number of hydrogen-bond donors (Lipinski definition) is 1. The molecule has 1 aromatic carbocycles. The average molecular weight is 270 g/mol. The molecular weight excluding hydrogens is 258 g/mol. The molecule has 2 rings (SSSR count). The first-order chi connectivity index (χ1) is 7.33. The van der Waals surface area contributed by atoms with Gasteiger partial charge in [0, 0.05) is 12.1 Å². The predicted octanol–water partition coefficient (Wildman–Crippen LogP) is 2.19. The third-order valence-electron chi connectivity index (χ3n) is 2.10. The van der Waals surface area contributed by atoms with Crippen molar-refractivity contribution in [1.29, 1.82) is 0 Å². The molecule has 0 bridgehead atoms. The maximum atomic E-state index is 5.59. The first-order valence-corrected chi connectivity index (χ1v) is 5.57. The Bertz CT molecular complexity index is 390. The highest BCUT2D eigenvalue weighted by atomic mass is 79.9. The Morgan fingerprint density at radius 1 is 1.27 bits per heavy atom. The minimum atomic E-state index is 0.520. The molecule has 4 heteroatoms. The highest BCUT2D eigenvalue weighted by molar-refractivity contribution is 9.10. The summed E-state index contributed by atoms with van der Waals surface area (Å²) < 4.78 is 12.0. The van der Waals surface area contributed by atoms with Crippen molar-refractivity contribution >= 4 is 22.0 Å². The first-order valence-electron chi connectivity index (χ1n) is 4.77. The van der Waals surface area contributed by atoms with E-state index in [9.17, 15) is 0 Å². The summed E-state index contributed by atoms with van der Waals surface area (Å²) in [5.41, 5.74) is 6.41. The summed E-state index contributed by atoms with van der Waals surface area (Å²) in [7, 11) is 0. The van der Waals surface area contributed by atoms with Crippen molar-refractivity contribution in [2.24, 2.45) is 5.73 Å². The Balaban J connectivity index is 2.43. The van der Waals surface area contributed by atoms with Crippen LogP contribution < -0.4 is 15.2 Å². The summed E-state index contributed by atoms with van der Waals surface area (Å²) in [6.45, 7) is 1.70. The molecule has 0 saturated carbocycles. The average Bonchev–Trinajstić information content (AvgIpc) is 2.29. The molecule has 0 unspecified atom stereocenters. The summed E-state index contributed by atoms with van der Waals surface area (Å²) >= 11 is 3.43. The van der Waals surface area contributed by atoms with Gasteiger partial charge in [-0.25, -0.2) is 0 Å². The van der Waals surface area contributed by atoms with Crippen molar-refractivity contribution in [3.63, 3.8) is 0 Å². The van der Waals surface area contributed by atoms with Gasteiger partial charge in [-0.05, 0) is 28.1 Å². The molecule has 0 aromatic heterocycles. The fourth-order valence-electron chi connectivity index (χ4n) is 1.45. The number of hydrogen-bond acceptors (Lipinski definition) is 3. The number of nitrogens with two attached hydrogens (primary N) is 1. The zero-order chi connectivity index (χ0) is 10.7. The second kappa shape index (κ2) is 4.68. The summed E-state index contributed by atoms with van der Waals surface area (Å²) in [5, 5.41) is 0. The van der Waals surface area contributed by atoms with E-state index in [2.05, 4.69) is 15.9 Å². The van der Waals surface area contributed by atoms with Crippen LogP contribution in [0, 0.1) is 0 Å². The third kappa shape index (κ3) is 2.16. The lowest BCUT2D eigenvalue weighted by molar-refractivity contribution is 0.170. The standard InChI is InChI=1S/C11H12BrNO2/c12-9-4-3-8(2-1-5-13)10-11(9)15-7-6-14-10/h1-4H,5-7,13H2/b2-1+. The van der Waals surface area contributed by atoms with Crippen LogP contribution in [0.15, 0.2) is 22.7 Å². The van der Waals surface area contributed by atoms with E-state index in [1.165, 1.54) is 0 Å². The van der Waals surface area contributed by atoms with Gasteiger partial charge in [-0.3, -0.25) is 0 Å². The summed E-state index contributed by atoms with van der Waals surface area (Å²) in [4.78, 5) is 0. The van der Waals surface area contributed by atoms with E-state index < -0.39 is 0 Å². The minimum absolute atomic E-state index is 0.520. The molecule has 0 fully saturated rings. The number of fused-ring (bicyclic) bond motifs is 1. The molecule has 1 heterocycles. The zero-order valence-corrected chi connectivity index (χ0v) is 9.79. The van der Waals surface area contributed by atoms with Crippen LogP contribution in [-0.2, 0) is 0 Å². The molecule has 1 aliphatic heterocycles. The Morgan fingerprint density at radius 3 is 2.73 bits per heavy atom. The smallest absolute Gasteiger partial charge is 0.176 e. The van der Waals surface area contributed by atoms with Gasteiger partial charge in [0.15, 0.2) is 11.5 Å². The third-order valence-corrected chi connectivity index (χ3v) is 2.73. The molecule has 1 aliphatic rings. The SMILES string of the molecule is NC/C=C/c1ccc(Br)c2c1OCCO2. The zero-order valence-electron chi connectivity index (χ0n) is 8.20. The summed E-state index contributed by atoms with van der Waals surface area (Å²) in [6.07, 6.45) is 3.83. The predicted molar refractivity (Wildman–Crippen MR) is 63.2 cm³/mol. The molecule has 3 nitrogen and oxygen atoms in total. The maximum absolute atomic E-state index is 5.59. The van der Waals surface area contributed by atoms with Gasteiger partial charge in [0.25, 0.3) is 0 Å². The second-order valence-electron chi connectivity index (χ2n) is 3.13. The van der Waals surface area contributed by atoms with Gasteiger partial charge in [0.2, 0.25) is 0 Å². The quantitative estimate of drug-likeness (QED) is 0.895. The Kier molecular flexibility index (Phi) is 3.28. The maximum Gasteiger partial charge on any atom is 0.176 e. The van der Waals surface area contributed by atoms with Gasteiger partial charge in [0.05, 0.1) is 4.47 Å². The first kappa shape index (κ1) is 10.5. The molecule has 0 aliphatic carbocycles. The minimum Gasteiger partial charge on any atom is -0.485 e. The number of benzene rings is 1. The van der Waals surface area contributed by atoms with E-state index in [1.807, 2.05) is 24.3 Å². The van der Waals surface area contributed by atoms with Gasteiger partial charge >= 0.3 is 0 Å². The van der Waals surface area contributed by atoms with Crippen LogP contribution in [0.1, 0.15) is 5.56 Å². The largest absolute Gasteiger partial charge is 0.485 e. The fourth-order valence-corrected chi connectivity index (χ4v) is 1.88. The molecule has 0 radical (unpaired) electrons. The van der Waals surface area contributed by atoms with Gasteiger partial charge in [0.1, 0.15) is 13.2 Å². The molecule has 0 saturated heterocycles. The summed E-state index contributed by atoms with van der Waals surface area (Å²) in [5.74, 6) is 1.57. The molecule has 0 amide bonds. The van der Waals surface area contributed by atoms with Crippen LogP contribution in [0.25, 0.3) is 6.08 Å². The van der Waals surface area contributed by atoms with Gasteiger partial charge < -0.3 is 15.2 Å². The molecule has 15 heavy (non-hydrogen) atoms. The van der Waals surface area contributed by atoms with E-state index in [0.29, 0.717) is 19.8 Å². The molecule has 1 aromatic rings. The molecule has 2 N–H and O–H groups in total. The van der Waals surface area contributed by atoms with E-state index >= 15 is 0 Å². The highest BCUT2D eigenvalue weighted by Gasteiger charge is 2.17. The van der Waals surface area contributed by atoms with Crippen LogP contribution in [-0.4, -0.2) is 19.8 Å². The van der Waals surface area contributed by atoms with Crippen molar-refractivity contribution in [1.82, 2.24) is 0 Å². The Morgan fingerprint density at radius 2 is 2.00 bits per heavy atom.